The molecule has 4 N–H and O–H groups in total. The van der Waals surface area contributed by atoms with Crippen LogP contribution in [0, 0.1) is 0 Å². The zero-order chi connectivity index (χ0) is 17.0. The van der Waals surface area contributed by atoms with Gasteiger partial charge in [0.15, 0.2) is 6.23 Å². The third-order valence-corrected chi connectivity index (χ3v) is 3.36. The second-order valence-electron chi connectivity index (χ2n) is 5.26. The Kier molecular flexibility index (Phi) is 6.04. The molecule has 1 aliphatic heterocycles. The summed E-state index contributed by atoms with van der Waals surface area (Å²) in [5, 5.41) is 21.0. The molecule has 2 rings (SSSR count). The van der Waals surface area contributed by atoms with Crippen LogP contribution in [-0.4, -0.2) is 77.1 Å². The van der Waals surface area contributed by atoms with E-state index in [1.165, 1.54) is 21.9 Å². The molecular formula is C13H22N4O6. The molecule has 0 aliphatic carbocycles. The quantitative estimate of drug-likeness (QED) is 0.382. The van der Waals surface area contributed by atoms with Crippen LogP contribution in [0.1, 0.15) is 6.23 Å². The highest BCUT2D eigenvalue weighted by Gasteiger charge is 2.45. The first-order valence-corrected chi connectivity index (χ1v) is 7.15. The maximum atomic E-state index is 12.0. The van der Waals surface area contributed by atoms with E-state index in [0.29, 0.717) is 0 Å². The maximum Gasteiger partial charge on any atom is 0.351 e. The Balaban J connectivity index is 2.12. The molecule has 130 valence electrons. The van der Waals surface area contributed by atoms with Gasteiger partial charge < -0.3 is 25.4 Å². The normalized spacial score (nSPS) is 27.7. The van der Waals surface area contributed by atoms with Gasteiger partial charge in [-0.05, 0) is 6.07 Å². The van der Waals surface area contributed by atoms with Gasteiger partial charge in [0.1, 0.15) is 24.1 Å². The van der Waals surface area contributed by atoms with Crippen molar-refractivity contribution in [3.63, 3.8) is 0 Å². The number of aliphatic hydroxyl groups excluding tert-OH is 2. The molecule has 1 aliphatic rings. The van der Waals surface area contributed by atoms with Gasteiger partial charge in [0.05, 0.1) is 19.8 Å². The number of aromatic nitrogens is 2. The SMILES string of the molecule is CN(C)OCCO[C@@H]1[C@H](O)[C@@H](CO)O[C@H]1n1ccc(N)nc1=O. The lowest BCUT2D eigenvalue weighted by molar-refractivity contribution is -0.151. The Morgan fingerprint density at radius 2 is 2.22 bits per heavy atom. The minimum absolute atomic E-state index is 0.0837. The number of rotatable bonds is 7. The van der Waals surface area contributed by atoms with E-state index in [4.69, 9.17) is 20.0 Å². The molecule has 0 amide bonds. The average molecular weight is 330 g/mol. The Bertz CT molecular complexity index is 566. The van der Waals surface area contributed by atoms with Crippen LogP contribution in [-0.2, 0) is 14.3 Å². The van der Waals surface area contributed by atoms with Gasteiger partial charge in [-0.3, -0.25) is 9.40 Å². The van der Waals surface area contributed by atoms with Gasteiger partial charge in [0.25, 0.3) is 0 Å². The summed E-state index contributed by atoms with van der Waals surface area (Å²) in [6.07, 6.45) is -2.30. The topological polar surface area (TPSA) is 132 Å². The van der Waals surface area contributed by atoms with E-state index in [2.05, 4.69) is 4.98 Å². The highest BCUT2D eigenvalue weighted by atomic mass is 16.7. The van der Waals surface area contributed by atoms with E-state index in [1.54, 1.807) is 14.1 Å². The molecule has 0 saturated carbocycles. The molecule has 0 bridgehead atoms. The van der Waals surface area contributed by atoms with E-state index >= 15 is 0 Å². The number of aliphatic hydroxyl groups is 2. The van der Waals surface area contributed by atoms with E-state index in [-0.39, 0.29) is 19.0 Å². The first-order chi connectivity index (χ1) is 10.9. The molecule has 0 aromatic carbocycles. The number of nitrogens with two attached hydrogens (primary N) is 1. The molecule has 23 heavy (non-hydrogen) atoms. The van der Waals surface area contributed by atoms with Crippen molar-refractivity contribution in [3.8, 4) is 0 Å². The van der Waals surface area contributed by atoms with E-state index in [9.17, 15) is 15.0 Å². The molecular weight excluding hydrogens is 308 g/mol. The van der Waals surface area contributed by atoms with Crippen LogP contribution >= 0.6 is 0 Å². The van der Waals surface area contributed by atoms with Crippen molar-refractivity contribution >= 4 is 5.82 Å². The summed E-state index contributed by atoms with van der Waals surface area (Å²) in [4.78, 5) is 20.8. The number of nitrogens with zero attached hydrogens (tertiary/aromatic N) is 3. The van der Waals surface area contributed by atoms with Crippen molar-refractivity contribution in [2.75, 3.05) is 39.6 Å². The fraction of sp³-hybridized carbons (Fsp3) is 0.692. The van der Waals surface area contributed by atoms with Gasteiger partial charge in [-0.2, -0.15) is 10.0 Å². The van der Waals surface area contributed by atoms with Gasteiger partial charge in [0, 0.05) is 20.3 Å². The third kappa shape index (κ3) is 4.25. The zero-order valence-corrected chi connectivity index (χ0v) is 13.0. The van der Waals surface area contributed by atoms with E-state index in [0.717, 1.165) is 0 Å². The van der Waals surface area contributed by atoms with Gasteiger partial charge in [-0.1, -0.05) is 0 Å². The summed E-state index contributed by atoms with van der Waals surface area (Å²) in [6.45, 7) is 0.0412. The third-order valence-electron chi connectivity index (χ3n) is 3.36. The Labute approximate surface area is 133 Å². The molecule has 0 spiro atoms. The lowest BCUT2D eigenvalue weighted by Crippen LogP contribution is -2.39. The monoisotopic (exact) mass is 330 g/mol. The lowest BCUT2D eigenvalue weighted by atomic mass is 10.1. The highest BCUT2D eigenvalue weighted by molar-refractivity contribution is 5.23. The number of hydroxylamine groups is 2. The average Bonchev–Trinajstić information content (AvgIpc) is 2.80. The number of nitrogen functional groups attached to an aromatic ring is 1. The van der Waals surface area contributed by atoms with Crippen molar-refractivity contribution in [3.05, 3.63) is 22.7 Å². The smallest absolute Gasteiger partial charge is 0.351 e. The van der Waals surface area contributed by atoms with Crippen LogP contribution in [0.25, 0.3) is 0 Å². The number of hydrogen-bond donors (Lipinski definition) is 3. The minimum atomic E-state index is -1.09. The summed E-state index contributed by atoms with van der Waals surface area (Å²) < 4.78 is 12.3. The first-order valence-electron chi connectivity index (χ1n) is 7.15. The number of anilines is 1. The van der Waals surface area contributed by atoms with E-state index < -0.39 is 36.8 Å². The maximum absolute atomic E-state index is 12.0. The molecule has 0 radical (unpaired) electrons. The second-order valence-corrected chi connectivity index (χ2v) is 5.26. The Morgan fingerprint density at radius 3 is 2.83 bits per heavy atom. The van der Waals surface area contributed by atoms with Crippen LogP contribution < -0.4 is 11.4 Å². The first kappa shape index (κ1) is 17.8. The Morgan fingerprint density at radius 1 is 1.48 bits per heavy atom. The number of ether oxygens (including phenoxy) is 2. The fourth-order valence-corrected chi connectivity index (χ4v) is 2.30. The molecule has 0 unspecified atom stereocenters. The predicted molar refractivity (Wildman–Crippen MR) is 79.3 cm³/mol. The van der Waals surface area contributed by atoms with Crippen molar-refractivity contribution in [2.24, 2.45) is 0 Å². The molecule has 4 atom stereocenters. The summed E-state index contributed by atoms with van der Waals surface area (Å²) >= 11 is 0. The highest BCUT2D eigenvalue weighted by Crippen LogP contribution is 2.30. The van der Waals surface area contributed by atoms with Crippen LogP contribution in [0.15, 0.2) is 17.1 Å². The van der Waals surface area contributed by atoms with Crippen molar-refractivity contribution in [1.29, 1.82) is 0 Å². The van der Waals surface area contributed by atoms with E-state index in [1.807, 2.05) is 0 Å². The van der Waals surface area contributed by atoms with Crippen LogP contribution in [0.5, 0.6) is 0 Å². The largest absolute Gasteiger partial charge is 0.394 e. The molecule has 1 fully saturated rings. The van der Waals surface area contributed by atoms with Gasteiger partial charge in [-0.25, -0.2) is 4.79 Å². The number of hydrogen-bond acceptors (Lipinski definition) is 9. The van der Waals surface area contributed by atoms with Crippen molar-refractivity contribution < 1.29 is 24.5 Å². The van der Waals surface area contributed by atoms with Crippen molar-refractivity contribution in [1.82, 2.24) is 14.6 Å². The van der Waals surface area contributed by atoms with Gasteiger partial charge in [-0.15, -0.1) is 0 Å². The fourth-order valence-electron chi connectivity index (χ4n) is 2.30. The zero-order valence-electron chi connectivity index (χ0n) is 13.0. The lowest BCUT2D eigenvalue weighted by Gasteiger charge is -2.22. The summed E-state index contributed by atoms with van der Waals surface area (Å²) in [6, 6.07) is 1.44. The molecule has 10 heteroatoms. The van der Waals surface area contributed by atoms with Gasteiger partial charge in [0.2, 0.25) is 0 Å². The van der Waals surface area contributed by atoms with Gasteiger partial charge >= 0.3 is 5.69 Å². The van der Waals surface area contributed by atoms with Crippen LogP contribution in [0.2, 0.25) is 0 Å². The Hall–Kier alpha value is -1.56. The summed E-state index contributed by atoms with van der Waals surface area (Å²) in [5.74, 6) is 0.0837. The molecule has 1 aromatic rings. The van der Waals surface area contributed by atoms with Crippen LogP contribution in [0.4, 0.5) is 5.82 Å². The minimum Gasteiger partial charge on any atom is -0.394 e. The molecule has 2 heterocycles. The molecule has 1 aromatic heterocycles. The predicted octanol–water partition coefficient (Wildman–Crippen LogP) is -2.05. The summed E-state index contributed by atoms with van der Waals surface area (Å²) in [5.41, 5.74) is 4.84. The standard InChI is InChI=1S/C13H22N4O6/c1-16(2)22-6-5-21-11-10(19)8(7-18)23-12(11)17-4-3-9(14)15-13(17)20/h3-4,8,10-12,18-19H,5-7H2,1-2H3,(H2,14,15,20)/t8-,10-,11-,12-/m1/s1. The summed E-state index contributed by atoms with van der Waals surface area (Å²) in [7, 11) is 3.47. The molecule has 1 saturated heterocycles. The van der Waals surface area contributed by atoms with Crippen molar-refractivity contribution in [2.45, 2.75) is 24.5 Å². The second kappa shape index (κ2) is 7.81. The molecule has 10 nitrogen and oxygen atoms in total. The van der Waals surface area contributed by atoms with Crippen LogP contribution in [0.3, 0.4) is 0 Å².